The van der Waals surface area contributed by atoms with Gasteiger partial charge in [-0.1, -0.05) is 0 Å². The van der Waals surface area contributed by atoms with Crippen LogP contribution in [0.1, 0.15) is 55.8 Å². The van der Waals surface area contributed by atoms with Crippen LogP contribution >= 0.6 is 0 Å². The summed E-state index contributed by atoms with van der Waals surface area (Å²) in [6.07, 6.45) is 3.91. The maximum absolute atomic E-state index is 12.5. The Bertz CT molecular complexity index is 490. The standard InChI is InChI=1S/C15H20O3/c1-10-4-5-12(17-10)13(16)11-6-7-14(2)8-9-15(11,3)18-14/h4-5,11H,6-9H2,1-3H3/t11-,14+,15+/m0/s1. The van der Waals surface area contributed by atoms with Crippen molar-refractivity contribution in [3.63, 3.8) is 0 Å². The number of ketones is 1. The summed E-state index contributed by atoms with van der Waals surface area (Å²) < 4.78 is 11.6. The van der Waals surface area contributed by atoms with Crippen LogP contribution in [-0.4, -0.2) is 17.0 Å². The quantitative estimate of drug-likeness (QED) is 0.752. The molecule has 0 aromatic carbocycles. The molecule has 0 radical (unpaired) electrons. The van der Waals surface area contributed by atoms with Gasteiger partial charge < -0.3 is 9.15 Å². The van der Waals surface area contributed by atoms with Gasteiger partial charge in [0.1, 0.15) is 5.76 Å². The minimum Gasteiger partial charge on any atom is -0.458 e. The maximum atomic E-state index is 12.5. The number of hydrogen-bond donors (Lipinski definition) is 0. The van der Waals surface area contributed by atoms with Gasteiger partial charge in [0.15, 0.2) is 5.76 Å². The summed E-state index contributed by atoms with van der Waals surface area (Å²) in [7, 11) is 0. The predicted molar refractivity (Wildman–Crippen MR) is 67.6 cm³/mol. The van der Waals surface area contributed by atoms with Crippen molar-refractivity contribution >= 4 is 5.78 Å². The van der Waals surface area contributed by atoms with Gasteiger partial charge in [0.2, 0.25) is 5.78 Å². The minimum absolute atomic E-state index is 0.00931. The molecule has 1 aromatic heterocycles. The van der Waals surface area contributed by atoms with Crippen LogP contribution in [0, 0.1) is 12.8 Å². The molecule has 3 heteroatoms. The molecule has 0 saturated carbocycles. The maximum Gasteiger partial charge on any atom is 0.203 e. The average Bonchev–Trinajstić information content (AvgIpc) is 2.82. The lowest BCUT2D eigenvalue weighted by atomic mass is 9.79. The highest BCUT2D eigenvalue weighted by Gasteiger charge is 2.54. The highest BCUT2D eigenvalue weighted by molar-refractivity contribution is 5.96. The highest BCUT2D eigenvalue weighted by Crippen LogP contribution is 2.51. The van der Waals surface area contributed by atoms with E-state index in [1.54, 1.807) is 6.07 Å². The van der Waals surface area contributed by atoms with Crippen LogP contribution in [0.4, 0.5) is 0 Å². The van der Waals surface area contributed by atoms with E-state index < -0.39 is 0 Å². The SMILES string of the molecule is Cc1ccc(C(=O)[C@@H]2CC[C@]3(C)CC[C@@]2(C)O3)o1. The van der Waals surface area contributed by atoms with Gasteiger partial charge >= 0.3 is 0 Å². The summed E-state index contributed by atoms with van der Waals surface area (Å²) in [6, 6.07) is 3.63. The van der Waals surface area contributed by atoms with E-state index in [1.807, 2.05) is 13.0 Å². The molecule has 3 atom stereocenters. The molecule has 2 fully saturated rings. The van der Waals surface area contributed by atoms with Gasteiger partial charge in [-0.05, 0) is 58.6 Å². The normalized spacial score (nSPS) is 38.9. The molecule has 1 aromatic rings. The lowest BCUT2D eigenvalue weighted by molar-refractivity contribution is -0.141. The topological polar surface area (TPSA) is 39.4 Å². The van der Waals surface area contributed by atoms with Crippen LogP contribution in [0.5, 0.6) is 0 Å². The number of fused-ring (bicyclic) bond motifs is 2. The Balaban J connectivity index is 1.87. The molecular weight excluding hydrogens is 228 g/mol. The van der Waals surface area contributed by atoms with Crippen LogP contribution in [0.15, 0.2) is 16.5 Å². The summed E-state index contributed by atoms with van der Waals surface area (Å²) >= 11 is 0. The van der Waals surface area contributed by atoms with E-state index in [0.29, 0.717) is 5.76 Å². The largest absolute Gasteiger partial charge is 0.458 e. The van der Waals surface area contributed by atoms with E-state index >= 15 is 0 Å². The van der Waals surface area contributed by atoms with Crippen molar-refractivity contribution in [3.8, 4) is 0 Å². The molecule has 3 nitrogen and oxygen atoms in total. The Morgan fingerprint density at radius 3 is 2.72 bits per heavy atom. The molecular formula is C15H20O3. The Morgan fingerprint density at radius 2 is 2.06 bits per heavy atom. The fourth-order valence-corrected chi connectivity index (χ4v) is 3.50. The van der Waals surface area contributed by atoms with E-state index in [0.717, 1.165) is 31.4 Å². The monoisotopic (exact) mass is 248 g/mol. The lowest BCUT2D eigenvalue weighted by Crippen LogP contribution is -2.46. The van der Waals surface area contributed by atoms with Gasteiger partial charge in [-0.3, -0.25) is 4.79 Å². The first-order valence-electron chi connectivity index (χ1n) is 6.73. The Morgan fingerprint density at radius 1 is 1.28 bits per heavy atom. The molecule has 2 aliphatic rings. The zero-order valence-corrected chi connectivity index (χ0v) is 11.3. The Hall–Kier alpha value is -1.09. The fourth-order valence-electron chi connectivity index (χ4n) is 3.50. The number of aryl methyl sites for hydroxylation is 1. The summed E-state index contributed by atoms with van der Waals surface area (Å²) in [5, 5.41) is 0. The second kappa shape index (κ2) is 3.70. The third-order valence-corrected chi connectivity index (χ3v) is 4.63. The first-order valence-corrected chi connectivity index (χ1v) is 6.73. The van der Waals surface area contributed by atoms with Crippen LogP contribution in [0.25, 0.3) is 0 Å². The van der Waals surface area contributed by atoms with E-state index in [2.05, 4.69) is 13.8 Å². The van der Waals surface area contributed by atoms with Crippen LogP contribution < -0.4 is 0 Å². The van der Waals surface area contributed by atoms with Crippen molar-refractivity contribution < 1.29 is 13.9 Å². The molecule has 3 rings (SSSR count). The third-order valence-electron chi connectivity index (χ3n) is 4.63. The average molecular weight is 248 g/mol. The molecule has 0 unspecified atom stereocenters. The molecule has 3 heterocycles. The van der Waals surface area contributed by atoms with Gasteiger partial charge in [0.05, 0.1) is 17.1 Å². The fraction of sp³-hybridized carbons (Fsp3) is 0.667. The first-order chi connectivity index (χ1) is 8.42. The number of rotatable bonds is 2. The van der Waals surface area contributed by atoms with E-state index in [9.17, 15) is 4.79 Å². The molecule has 2 saturated heterocycles. The highest BCUT2D eigenvalue weighted by atomic mass is 16.5. The van der Waals surface area contributed by atoms with E-state index in [1.165, 1.54) is 0 Å². The molecule has 18 heavy (non-hydrogen) atoms. The van der Waals surface area contributed by atoms with E-state index in [-0.39, 0.29) is 22.9 Å². The number of Topliss-reactive ketones (excluding diaryl/α,β-unsaturated/α-hetero) is 1. The summed E-state index contributed by atoms with van der Waals surface area (Å²) in [5.74, 6) is 1.32. The van der Waals surface area contributed by atoms with Gasteiger partial charge in [-0.15, -0.1) is 0 Å². The van der Waals surface area contributed by atoms with Crippen molar-refractivity contribution in [2.24, 2.45) is 5.92 Å². The van der Waals surface area contributed by atoms with E-state index in [4.69, 9.17) is 9.15 Å². The predicted octanol–water partition coefficient (Wildman–Crippen LogP) is 3.51. The van der Waals surface area contributed by atoms with Gasteiger partial charge in [-0.25, -0.2) is 0 Å². The van der Waals surface area contributed by atoms with Gasteiger partial charge in [0, 0.05) is 0 Å². The van der Waals surface area contributed by atoms with Crippen molar-refractivity contribution in [3.05, 3.63) is 23.7 Å². The molecule has 0 aliphatic carbocycles. The molecule has 0 N–H and O–H groups in total. The number of carbonyl (C=O) groups excluding carboxylic acids is 1. The van der Waals surface area contributed by atoms with Gasteiger partial charge in [0.25, 0.3) is 0 Å². The zero-order chi connectivity index (χ0) is 13.0. The Kier molecular flexibility index (Phi) is 2.46. The van der Waals surface area contributed by atoms with Crippen molar-refractivity contribution in [1.82, 2.24) is 0 Å². The molecule has 2 aliphatic heterocycles. The first kappa shape index (κ1) is 12.0. The number of furan rings is 1. The van der Waals surface area contributed by atoms with Crippen molar-refractivity contribution in [1.29, 1.82) is 0 Å². The molecule has 0 spiro atoms. The number of hydrogen-bond acceptors (Lipinski definition) is 3. The second-order valence-electron chi connectivity index (χ2n) is 6.23. The minimum atomic E-state index is -0.301. The number of ether oxygens (including phenoxy) is 1. The summed E-state index contributed by atoms with van der Waals surface area (Å²) in [4.78, 5) is 12.5. The van der Waals surface area contributed by atoms with Gasteiger partial charge in [-0.2, -0.15) is 0 Å². The van der Waals surface area contributed by atoms with Crippen LogP contribution in [-0.2, 0) is 4.74 Å². The molecule has 0 amide bonds. The molecule has 98 valence electrons. The zero-order valence-electron chi connectivity index (χ0n) is 11.3. The van der Waals surface area contributed by atoms with Crippen LogP contribution in [0.3, 0.4) is 0 Å². The number of carbonyl (C=O) groups is 1. The Labute approximate surface area is 108 Å². The third kappa shape index (κ3) is 1.72. The summed E-state index contributed by atoms with van der Waals surface area (Å²) in [5.41, 5.74) is -0.310. The summed E-state index contributed by atoms with van der Waals surface area (Å²) in [6.45, 7) is 6.11. The lowest BCUT2D eigenvalue weighted by Gasteiger charge is -2.41. The smallest absolute Gasteiger partial charge is 0.203 e. The van der Waals surface area contributed by atoms with Crippen LogP contribution in [0.2, 0.25) is 0 Å². The molecule has 2 bridgehead atoms. The van der Waals surface area contributed by atoms with Crippen molar-refractivity contribution in [2.75, 3.05) is 0 Å². The van der Waals surface area contributed by atoms with Crippen molar-refractivity contribution in [2.45, 2.75) is 57.7 Å². The second-order valence-corrected chi connectivity index (χ2v) is 6.23.